The zero-order chi connectivity index (χ0) is 12.4. The molecule has 1 aromatic heterocycles. The van der Waals surface area contributed by atoms with Crippen LogP contribution in [0.3, 0.4) is 0 Å². The summed E-state index contributed by atoms with van der Waals surface area (Å²) < 4.78 is 1.72. The van der Waals surface area contributed by atoms with Gasteiger partial charge < -0.3 is 10.2 Å². The maximum atomic E-state index is 11.1. The highest BCUT2D eigenvalue weighted by Gasteiger charge is 2.29. The van der Waals surface area contributed by atoms with E-state index < -0.39 is 0 Å². The molecule has 7 nitrogen and oxygen atoms in total. The van der Waals surface area contributed by atoms with E-state index in [1.807, 2.05) is 11.8 Å². The number of nitrogens with one attached hydrogen (secondary N) is 1. The Hall–Kier alpha value is -1.63. The normalized spacial score (nSPS) is 16.2. The van der Waals surface area contributed by atoms with Crippen LogP contribution in [0.2, 0.25) is 0 Å². The second-order valence-electron chi connectivity index (χ2n) is 4.07. The number of piperazine rings is 1. The minimum atomic E-state index is -0.328. The third-order valence-electron chi connectivity index (χ3n) is 2.97. The van der Waals surface area contributed by atoms with E-state index in [0.717, 1.165) is 26.2 Å². The molecule has 0 radical (unpaired) electrons. The summed E-state index contributed by atoms with van der Waals surface area (Å²) in [6.45, 7) is 7.56. The van der Waals surface area contributed by atoms with Gasteiger partial charge in [-0.2, -0.15) is 5.10 Å². The molecule has 7 heteroatoms. The zero-order valence-electron chi connectivity index (χ0n) is 10.1. The highest BCUT2D eigenvalue weighted by Crippen LogP contribution is 2.31. The molecule has 1 N–H and O–H groups in total. The van der Waals surface area contributed by atoms with E-state index in [4.69, 9.17) is 0 Å². The van der Waals surface area contributed by atoms with Gasteiger partial charge in [0, 0.05) is 32.7 Å². The van der Waals surface area contributed by atoms with Crippen molar-refractivity contribution >= 4 is 11.5 Å². The fourth-order valence-corrected chi connectivity index (χ4v) is 2.18. The van der Waals surface area contributed by atoms with Gasteiger partial charge in [-0.05, 0) is 13.8 Å². The topological polar surface area (TPSA) is 76.2 Å². The zero-order valence-corrected chi connectivity index (χ0v) is 10.1. The Kier molecular flexibility index (Phi) is 3.28. The van der Waals surface area contributed by atoms with Crippen LogP contribution < -0.4 is 10.2 Å². The van der Waals surface area contributed by atoms with Crippen molar-refractivity contribution in [1.82, 2.24) is 15.1 Å². The Labute approximate surface area is 99.6 Å². The maximum absolute atomic E-state index is 11.1. The monoisotopic (exact) mass is 239 g/mol. The number of hydrogen-bond donors (Lipinski definition) is 1. The average Bonchev–Trinajstić information content (AvgIpc) is 2.67. The molecule has 1 aliphatic heterocycles. The Morgan fingerprint density at radius 1 is 1.47 bits per heavy atom. The van der Waals surface area contributed by atoms with E-state index in [1.165, 1.54) is 0 Å². The Bertz CT molecular complexity index is 423. The Morgan fingerprint density at radius 2 is 2.12 bits per heavy atom. The number of nitro groups is 1. The first kappa shape index (κ1) is 11.8. The van der Waals surface area contributed by atoms with Crippen LogP contribution in [0.5, 0.6) is 0 Å². The summed E-state index contributed by atoms with van der Waals surface area (Å²) in [4.78, 5) is 12.8. The van der Waals surface area contributed by atoms with Crippen molar-refractivity contribution in [3.63, 3.8) is 0 Å². The van der Waals surface area contributed by atoms with Crippen LogP contribution in [-0.2, 0) is 6.54 Å². The van der Waals surface area contributed by atoms with Crippen molar-refractivity contribution in [3.05, 3.63) is 15.8 Å². The molecule has 1 aromatic rings. The largest absolute Gasteiger partial charge is 0.349 e. The second-order valence-corrected chi connectivity index (χ2v) is 4.07. The molecular weight excluding hydrogens is 222 g/mol. The van der Waals surface area contributed by atoms with Gasteiger partial charge in [0.1, 0.15) is 5.69 Å². The summed E-state index contributed by atoms with van der Waals surface area (Å²) in [5.41, 5.74) is 0.638. The standard InChI is InChI=1S/C10H17N5O2/c1-3-14-10(13-6-4-11-5-7-13)9(15(16)17)8(2)12-14/h11H,3-7H2,1-2H3. The predicted molar refractivity (Wildman–Crippen MR) is 64.4 cm³/mol. The molecule has 17 heavy (non-hydrogen) atoms. The average molecular weight is 239 g/mol. The van der Waals surface area contributed by atoms with Crippen LogP contribution in [0.4, 0.5) is 11.5 Å². The van der Waals surface area contributed by atoms with Crippen LogP contribution in [0.15, 0.2) is 0 Å². The van der Waals surface area contributed by atoms with Gasteiger partial charge in [-0.3, -0.25) is 10.1 Å². The molecule has 0 bridgehead atoms. The van der Waals surface area contributed by atoms with Gasteiger partial charge in [-0.1, -0.05) is 0 Å². The lowest BCUT2D eigenvalue weighted by molar-refractivity contribution is -0.384. The van der Waals surface area contributed by atoms with E-state index in [2.05, 4.69) is 10.4 Å². The molecule has 1 fully saturated rings. The van der Waals surface area contributed by atoms with Crippen LogP contribution in [0, 0.1) is 17.0 Å². The van der Waals surface area contributed by atoms with Crippen molar-refractivity contribution in [2.75, 3.05) is 31.1 Å². The molecule has 1 aliphatic rings. The molecular formula is C10H17N5O2. The summed E-state index contributed by atoms with van der Waals surface area (Å²) in [6, 6.07) is 0. The van der Waals surface area contributed by atoms with Crippen molar-refractivity contribution < 1.29 is 4.92 Å². The number of hydrogen-bond acceptors (Lipinski definition) is 5. The molecule has 0 spiro atoms. The Balaban J connectivity index is 2.44. The summed E-state index contributed by atoms with van der Waals surface area (Å²) in [5, 5.41) is 18.6. The highest BCUT2D eigenvalue weighted by atomic mass is 16.6. The maximum Gasteiger partial charge on any atom is 0.333 e. The highest BCUT2D eigenvalue weighted by molar-refractivity contribution is 5.61. The summed E-state index contributed by atoms with van der Waals surface area (Å²) >= 11 is 0. The number of anilines is 1. The van der Waals surface area contributed by atoms with Gasteiger partial charge in [0.25, 0.3) is 0 Å². The molecule has 1 saturated heterocycles. The van der Waals surface area contributed by atoms with E-state index in [9.17, 15) is 10.1 Å². The first-order valence-electron chi connectivity index (χ1n) is 5.82. The third-order valence-corrected chi connectivity index (χ3v) is 2.97. The summed E-state index contributed by atoms with van der Waals surface area (Å²) in [7, 11) is 0. The van der Waals surface area contributed by atoms with E-state index in [1.54, 1.807) is 11.6 Å². The van der Waals surface area contributed by atoms with Crippen LogP contribution in [-0.4, -0.2) is 40.9 Å². The first-order valence-corrected chi connectivity index (χ1v) is 5.82. The number of aromatic nitrogens is 2. The van der Waals surface area contributed by atoms with E-state index in [-0.39, 0.29) is 10.6 Å². The lowest BCUT2D eigenvalue weighted by atomic mass is 10.3. The third kappa shape index (κ3) is 2.10. The number of aryl methyl sites for hydroxylation is 2. The molecule has 0 saturated carbocycles. The van der Waals surface area contributed by atoms with Crippen LogP contribution in [0.25, 0.3) is 0 Å². The quantitative estimate of drug-likeness (QED) is 0.615. The number of nitrogens with zero attached hydrogens (tertiary/aromatic N) is 4. The van der Waals surface area contributed by atoms with Crippen molar-refractivity contribution in [1.29, 1.82) is 0 Å². The molecule has 2 heterocycles. The molecule has 0 unspecified atom stereocenters. The predicted octanol–water partition coefficient (Wildman–Crippen LogP) is 0.529. The van der Waals surface area contributed by atoms with E-state index >= 15 is 0 Å². The van der Waals surface area contributed by atoms with Crippen molar-refractivity contribution in [3.8, 4) is 0 Å². The van der Waals surface area contributed by atoms with Crippen molar-refractivity contribution in [2.45, 2.75) is 20.4 Å². The molecule has 0 aliphatic carbocycles. The SMILES string of the molecule is CCn1nc(C)c([N+](=O)[O-])c1N1CCNCC1. The molecule has 0 aromatic carbocycles. The summed E-state index contributed by atoms with van der Waals surface area (Å²) in [6.07, 6.45) is 0. The minimum absolute atomic E-state index is 0.147. The molecule has 0 amide bonds. The molecule has 94 valence electrons. The fourth-order valence-electron chi connectivity index (χ4n) is 2.18. The van der Waals surface area contributed by atoms with Crippen LogP contribution in [0.1, 0.15) is 12.6 Å². The smallest absolute Gasteiger partial charge is 0.333 e. The molecule has 0 atom stereocenters. The van der Waals surface area contributed by atoms with Gasteiger partial charge in [0.05, 0.1) is 4.92 Å². The van der Waals surface area contributed by atoms with Gasteiger partial charge in [0.2, 0.25) is 5.82 Å². The first-order chi connectivity index (χ1) is 8.15. The minimum Gasteiger partial charge on any atom is -0.349 e. The van der Waals surface area contributed by atoms with E-state index in [0.29, 0.717) is 18.1 Å². The lowest BCUT2D eigenvalue weighted by Crippen LogP contribution is -2.44. The van der Waals surface area contributed by atoms with Gasteiger partial charge in [0.15, 0.2) is 0 Å². The fraction of sp³-hybridized carbons (Fsp3) is 0.700. The summed E-state index contributed by atoms with van der Waals surface area (Å²) in [5.74, 6) is 0.650. The van der Waals surface area contributed by atoms with Gasteiger partial charge in [-0.25, -0.2) is 4.68 Å². The van der Waals surface area contributed by atoms with Crippen molar-refractivity contribution in [2.24, 2.45) is 0 Å². The number of rotatable bonds is 3. The van der Waals surface area contributed by atoms with Gasteiger partial charge >= 0.3 is 5.69 Å². The molecule has 2 rings (SSSR count). The lowest BCUT2D eigenvalue weighted by Gasteiger charge is -2.28. The van der Waals surface area contributed by atoms with Gasteiger partial charge in [-0.15, -0.1) is 0 Å². The van der Waals surface area contributed by atoms with Crippen LogP contribution >= 0.6 is 0 Å². The Morgan fingerprint density at radius 3 is 2.65 bits per heavy atom. The second kappa shape index (κ2) is 4.70.